The number of aliphatic hydroxyl groups excluding tert-OH is 1. The Bertz CT molecular complexity index is 180. The molecule has 0 radical (unpaired) electrons. The highest BCUT2D eigenvalue weighted by Gasteiger charge is 2.28. The third-order valence-electron chi connectivity index (χ3n) is 2.53. The first-order valence-electron chi connectivity index (χ1n) is 5.30. The number of aliphatic hydroxyl groups is 1. The molecule has 4 nitrogen and oxygen atoms in total. The summed E-state index contributed by atoms with van der Waals surface area (Å²) >= 11 is 0. The predicted molar refractivity (Wildman–Crippen MR) is 53.2 cm³/mol. The maximum Gasteiger partial charge on any atom is 0.304 e. The monoisotopic (exact) mass is 201 g/mol. The molecule has 0 aliphatic heterocycles. The molecule has 0 saturated heterocycles. The minimum absolute atomic E-state index is 0.232. The minimum atomic E-state index is -0.724. The molecule has 1 fully saturated rings. The Balaban J connectivity index is 2.14. The fourth-order valence-electron chi connectivity index (χ4n) is 1.58. The second-order valence-electron chi connectivity index (χ2n) is 3.84. The summed E-state index contributed by atoms with van der Waals surface area (Å²) < 4.78 is 0. The van der Waals surface area contributed by atoms with Crippen LogP contribution < -0.4 is 0 Å². The van der Waals surface area contributed by atoms with Crippen LogP contribution in [0.4, 0.5) is 0 Å². The topological polar surface area (TPSA) is 60.8 Å². The van der Waals surface area contributed by atoms with Gasteiger partial charge in [0.05, 0.1) is 6.42 Å². The van der Waals surface area contributed by atoms with Crippen LogP contribution in [0.1, 0.15) is 32.1 Å². The van der Waals surface area contributed by atoms with Gasteiger partial charge in [0.2, 0.25) is 0 Å². The summed E-state index contributed by atoms with van der Waals surface area (Å²) in [6.45, 7) is 1.82. The molecule has 14 heavy (non-hydrogen) atoms. The Kier molecular flexibility index (Phi) is 4.90. The highest BCUT2D eigenvalue weighted by Crippen LogP contribution is 2.27. The Morgan fingerprint density at radius 2 is 2.00 bits per heavy atom. The lowest BCUT2D eigenvalue weighted by molar-refractivity contribution is -0.137. The van der Waals surface area contributed by atoms with Crippen LogP contribution >= 0.6 is 0 Å². The first-order valence-corrected chi connectivity index (χ1v) is 5.30. The SMILES string of the molecule is O=C(O)CCN(CCCCO)C1CC1. The Morgan fingerprint density at radius 3 is 2.50 bits per heavy atom. The zero-order chi connectivity index (χ0) is 10.4. The van der Waals surface area contributed by atoms with Crippen molar-refractivity contribution in [2.24, 2.45) is 0 Å². The average molecular weight is 201 g/mol. The maximum atomic E-state index is 10.4. The standard InChI is InChI=1S/C10H19NO3/c12-8-2-1-6-11(9-3-4-9)7-5-10(13)14/h9,12H,1-8H2,(H,13,14). The number of unbranched alkanes of at least 4 members (excludes halogenated alkanes) is 1. The van der Waals surface area contributed by atoms with E-state index in [1.54, 1.807) is 0 Å². The van der Waals surface area contributed by atoms with E-state index in [4.69, 9.17) is 10.2 Å². The van der Waals surface area contributed by atoms with Gasteiger partial charge in [-0.05, 0) is 32.2 Å². The van der Waals surface area contributed by atoms with Gasteiger partial charge < -0.3 is 10.2 Å². The lowest BCUT2D eigenvalue weighted by Gasteiger charge is -2.20. The Hall–Kier alpha value is -0.610. The van der Waals surface area contributed by atoms with Crippen molar-refractivity contribution in [1.82, 2.24) is 4.90 Å². The van der Waals surface area contributed by atoms with Crippen LogP contribution in [-0.2, 0) is 4.79 Å². The second kappa shape index (κ2) is 5.98. The second-order valence-corrected chi connectivity index (χ2v) is 3.84. The van der Waals surface area contributed by atoms with Crippen molar-refractivity contribution in [2.45, 2.75) is 38.1 Å². The highest BCUT2D eigenvalue weighted by molar-refractivity contribution is 5.66. The summed E-state index contributed by atoms with van der Waals surface area (Å²) in [6.07, 6.45) is 4.43. The summed E-state index contributed by atoms with van der Waals surface area (Å²) in [6, 6.07) is 0.619. The summed E-state index contributed by atoms with van der Waals surface area (Å²) in [7, 11) is 0. The Labute approximate surface area is 84.5 Å². The number of rotatable bonds is 8. The molecule has 1 aliphatic rings. The lowest BCUT2D eigenvalue weighted by atomic mass is 10.3. The van der Waals surface area contributed by atoms with E-state index in [9.17, 15) is 4.79 Å². The molecule has 0 aromatic carbocycles. The number of carboxylic acids is 1. The van der Waals surface area contributed by atoms with Gasteiger partial charge in [0.1, 0.15) is 0 Å². The van der Waals surface area contributed by atoms with Crippen LogP contribution in [-0.4, -0.2) is 46.8 Å². The molecule has 1 rings (SSSR count). The number of carboxylic acid groups (broad SMARTS) is 1. The van der Waals surface area contributed by atoms with Crippen molar-refractivity contribution in [3.05, 3.63) is 0 Å². The minimum Gasteiger partial charge on any atom is -0.481 e. The smallest absolute Gasteiger partial charge is 0.304 e. The van der Waals surface area contributed by atoms with Gasteiger partial charge in [0.25, 0.3) is 0 Å². The van der Waals surface area contributed by atoms with Gasteiger partial charge in [-0.2, -0.15) is 0 Å². The zero-order valence-corrected chi connectivity index (χ0v) is 8.48. The molecule has 0 amide bonds. The third kappa shape index (κ3) is 4.58. The Morgan fingerprint density at radius 1 is 1.29 bits per heavy atom. The van der Waals surface area contributed by atoms with Gasteiger partial charge in [-0.15, -0.1) is 0 Å². The normalized spacial score (nSPS) is 16.1. The molecule has 1 saturated carbocycles. The van der Waals surface area contributed by atoms with Crippen molar-refractivity contribution in [2.75, 3.05) is 19.7 Å². The first-order chi connectivity index (χ1) is 6.74. The molecule has 1 aliphatic carbocycles. The molecule has 0 unspecified atom stereocenters. The van der Waals surface area contributed by atoms with Crippen LogP contribution in [0.25, 0.3) is 0 Å². The zero-order valence-electron chi connectivity index (χ0n) is 8.48. The summed E-state index contributed by atoms with van der Waals surface area (Å²) in [5.41, 5.74) is 0. The van der Waals surface area contributed by atoms with Crippen LogP contribution in [0, 0.1) is 0 Å². The van der Waals surface area contributed by atoms with Crippen molar-refractivity contribution in [3.8, 4) is 0 Å². The predicted octanol–water partition coefficient (Wildman–Crippen LogP) is 0.698. The van der Waals surface area contributed by atoms with Gasteiger partial charge in [-0.25, -0.2) is 0 Å². The molecule has 0 bridgehead atoms. The number of carbonyl (C=O) groups is 1. The quantitative estimate of drug-likeness (QED) is 0.567. The summed E-state index contributed by atoms with van der Waals surface area (Å²) in [4.78, 5) is 12.6. The van der Waals surface area contributed by atoms with E-state index in [1.165, 1.54) is 12.8 Å². The summed E-state index contributed by atoms with van der Waals surface area (Å²) in [5, 5.41) is 17.2. The number of hydrogen-bond acceptors (Lipinski definition) is 3. The molecule has 4 heteroatoms. The molecule has 0 aromatic heterocycles. The average Bonchev–Trinajstić information content (AvgIpc) is 2.94. The molecular formula is C10H19NO3. The molecule has 0 aromatic rings. The van der Waals surface area contributed by atoms with Crippen LogP contribution in [0.5, 0.6) is 0 Å². The lowest BCUT2D eigenvalue weighted by Crippen LogP contribution is -2.29. The highest BCUT2D eigenvalue weighted by atomic mass is 16.4. The molecule has 0 atom stereocenters. The summed E-state index contributed by atoms with van der Waals surface area (Å²) in [5.74, 6) is -0.724. The van der Waals surface area contributed by atoms with Gasteiger partial charge in [0, 0.05) is 19.2 Å². The molecule has 0 spiro atoms. The number of aliphatic carboxylic acids is 1. The van der Waals surface area contributed by atoms with Gasteiger partial charge >= 0.3 is 5.97 Å². The van der Waals surface area contributed by atoms with Crippen molar-refractivity contribution in [1.29, 1.82) is 0 Å². The van der Waals surface area contributed by atoms with Crippen LogP contribution in [0.3, 0.4) is 0 Å². The van der Waals surface area contributed by atoms with Crippen LogP contribution in [0.15, 0.2) is 0 Å². The van der Waals surface area contributed by atoms with E-state index in [0.717, 1.165) is 19.4 Å². The number of nitrogens with zero attached hydrogens (tertiary/aromatic N) is 1. The first kappa shape index (κ1) is 11.5. The van der Waals surface area contributed by atoms with E-state index in [2.05, 4.69) is 4.90 Å². The third-order valence-corrected chi connectivity index (χ3v) is 2.53. The van der Waals surface area contributed by atoms with Gasteiger partial charge in [-0.3, -0.25) is 9.69 Å². The van der Waals surface area contributed by atoms with Gasteiger partial charge in [-0.1, -0.05) is 0 Å². The largest absolute Gasteiger partial charge is 0.481 e. The fourth-order valence-corrected chi connectivity index (χ4v) is 1.58. The van der Waals surface area contributed by atoms with E-state index >= 15 is 0 Å². The maximum absolute atomic E-state index is 10.4. The van der Waals surface area contributed by atoms with E-state index in [0.29, 0.717) is 12.6 Å². The van der Waals surface area contributed by atoms with Crippen molar-refractivity contribution >= 4 is 5.97 Å². The van der Waals surface area contributed by atoms with E-state index < -0.39 is 5.97 Å². The molecule has 0 heterocycles. The molecule has 2 N–H and O–H groups in total. The van der Waals surface area contributed by atoms with Crippen molar-refractivity contribution in [3.63, 3.8) is 0 Å². The molecule has 82 valence electrons. The molecular weight excluding hydrogens is 182 g/mol. The fraction of sp³-hybridized carbons (Fsp3) is 0.900. The van der Waals surface area contributed by atoms with Crippen LogP contribution in [0.2, 0.25) is 0 Å². The van der Waals surface area contributed by atoms with Gasteiger partial charge in [0.15, 0.2) is 0 Å². The number of hydrogen-bond donors (Lipinski definition) is 2. The van der Waals surface area contributed by atoms with Crippen molar-refractivity contribution < 1.29 is 15.0 Å². The van der Waals surface area contributed by atoms with E-state index in [-0.39, 0.29) is 13.0 Å². The van der Waals surface area contributed by atoms with E-state index in [1.807, 2.05) is 0 Å².